The van der Waals surface area contributed by atoms with Gasteiger partial charge < -0.3 is 39.4 Å². The molecule has 4 amide bonds. The number of aromatic nitrogens is 3. The van der Waals surface area contributed by atoms with Gasteiger partial charge in [0.15, 0.2) is 18.2 Å². The van der Waals surface area contributed by atoms with Crippen molar-refractivity contribution in [1.82, 2.24) is 35.0 Å². The number of imide groups is 1. The Morgan fingerprint density at radius 3 is 2.45 bits per heavy atom. The average molecular weight is 944 g/mol. The fourth-order valence-corrected chi connectivity index (χ4v) is 10.8. The summed E-state index contributed by atoms with van der Waals surface area (Å²) >= 11 is 13.7. The van der Waals surface area contributed by atoms with Crippen molar-refractivity contribution in [1.29, 1.82) is 0 Å². The summed E-state index contributed by atoms with van der Waals surface area (Å²) in [6.45, 7) is 11.8. The number of pyridine rings is 1. The van der Waals surface area contributed by atoms with E-state index in [0.29, 0.717) is 45.5 Å². The molecule has 3 saturated heterocycles. The van der Waals surface area contributed by atoms with Crippen LogP contribution in [-0.4, -0.2) is 125 Å². The van der Waals surface area contributed by atoms with Crippen LogP contribution < -0.4 is 36.0 Å². The van der Waals surface area contributed by atoms with Gasteiger partial charge in [0.05, 0.1) is 40.7 Å². The third-order valence-electron chi connectivity index (χ3n) is 13.8. The molecule has 19 heteroatoms. The van der Waals surface area contributed by atoms with Crippen LogP contribution in [0.15, 0.2) is 47.4 Å². The third-order valence-corrected chi connectivity index (χ3v) is 14.5. The fraction of sp³-hybridized carbons (Fsp3) is 0.511. The number of nitrogens with zero attached hydrogens (tertiary/aromatic N) is 7. The molecular formula is C47H56Cl2N10O7. The van der Waals surface area contributed by atoms with Gasteiger partial charge in [-0.25, -0.2) is 4.98 Å². The number of rotatable bonds is 12. The van der Waals surface area contributed by atoms with Crippen LogP contribution in [0, 0.1) is 0 Å². The molecule has 6 heterocycles. The van der Waals surface area contributed by atoms with Gasteiger partial charge in [0.2, 0.25) is 17.8 Å². The molecule has 5 aliphatic rings. The molecule has 3 atom stereocenters. The lowest BCUT2D eigenvalue weighted by Gasteiger charge is -2.50. The zero-order valence-corrected chi connectivity index (χ0v) is 39.3. The molecule has 1 unspecified atom stereocenters. The third kappa shape index (κ3) is 8.77. The molecule has 1 aliphatic carbocycles. The van der Waals surface area contributed by atoms with E-state index in [-0.39, 0.29) is 72.4 Å². The minimum absolute atomic E-state index is 0.0898. The van der Waals surface area contributed by atoms with Gasteiger partial charge in [-0.05, 0) is 96.2 Å². The van der Waals surface area contributed by atoms with Crippen molar-refractivity contribution >= 4 is 80.9 Å². The maximum absolute atomic E-state index is 13.5. The second-order valence-electron chi connectivity index (χ2n) is 18.3. The molecule has 9 rings (SSSR count). The Hall–Kier alpha value is -5.49. The first-order valence-electron chi connectivity index (χ1n) is 22.9. The highest BCUT2D eigenvalue weighted by molar-refractivity contribution is 6.35. The predicted octanol–water partition coefficient (Wildman–Crippen LogP) is 5.60. The normalized spacial score (nSPS) is 23.8. The van der Waals surface area contributed by atoms with E-state index >= 15 is 0 Å². The Balaban J connectivity index is 0.762. The Kier molecular flexibility index (Phi) is 12.9. The monoisotopic (exact) mass is 942 g/mol. The lowest BCUT2D eigenvalue weighted by molar-refractivity contribution is -0.137. The van der Waals surface area contributed by atoms with E-state index in [9.17, 15) is 24.0 Å². The Labute approximate surface area is 393 Å². The summed E-state index contributed by atoms with van der Waals surface area (Å²) in [7, 11) is 1.51. The minimum atomic E-state index is -0.703. The molecule has 350 valence electrons. The number of nitrogens with one attached hydrogen (secondary N) is 3. The Morgan fingerprint density at radius 2 is 1.74 bits per heavy atom. The average Bonchev–Trinajstić information content (AvgIpc) is 3.53. The highest BCUT2D eigenvalue weighted by Crippen LogP contribution is 2.45. The van der Waals surface area contributed by atoms with E-state index in [2.05, 4.69) is 42.6 Å². The summed E-state index contributed by atoms with van der Waals surface area (Å²) in [5, 5.41) is 9.89. The van der Waals surface area contributed by atoms with Crippen LogP contribution in [0.3, 0.4) is 0 Å². The number of amides is 4. The van der Waals surface area contributed by atoms with Crippen LogP contribution in [0.5, 0.6) is 5.75 Å². The van der Waals surface area contributed by atoms with E-state index in [1.807, 2.05) is 51.1 Å². The van der Waals surface area contributed by atoms with Crippen molar-refractivity contribution in [3.8, 4) is 5.75 Å². The summed E-state index contributed by atoms with van der Waals surface area (Å²) in [4.78, 5) is 81.2. The van der Waals surface area contributed by atoms with Gasteiger partial charge in [0.25, 0.3) is 17.4 Å². The van der Waals surface area contributed by atoms with Gasteiger partial charge in [-0.3, -0.25) is 34.2 Å². The van der Waals surface area contributed by atoms with E-state index in [0.717, 1.165) is 80.6 Å². The van der Waals surface area contributed by atoms with Crippen LogP contribution in [0.25, 0.3) is 10.9 Å². The zero-order chi connectivity index (χ0) is 46.6. The molecule has 0 radical (unpaired) electrons. The van der Waals surface area contributed by atoms with Crippen molar-refractivity contribution in [2.45, 2.75) is 109 Å². The van der Waals surface area contributed by atoms with Gasteiger partial charge in [-0.15, -0.1) is 0 Å². The van der Waals surface area contributed by atoms with Crippen molar-refractivity contribution < 1.29 is 28.7 Å². The number of carbonyl (C=O) groups excluding carboxylic acids is 4. The summed E-state index contributed by atoms with van der Waals surface area (Å²) in [6.07, 6.45) is 6.18. The zero-order valence-electron chi connectivity index (χ0n) is 37.8. The number of hydrogen-bond donors (Lipinski definition) is 3. The number of fused-ring (bicyclic) bond motifs is 2. The fourth-order valence-electron chi connectivity index (χ4n) is 10.3. The summed E-state index contributed by atoms with van der Waals surface area (Å²) < 4.78 is 13.9. The van der Waals surface area contributed by atoms with Crippen molar-refractivity contribution in [2.24, 2.45) is 0 Å². The molecule has 2 aromatic heterocycles. The van der Waals surface area contributed by atoms with Crippen LogP contribution >= 0.6 is 23.2 Å². The molecule has 4 aliphatic heterocycles. The summed E-state index contributed by atoms with van der Waals surface area (Å²) in [5.74, 6) is -0.182. The molecule has 1 saturated carbocycles. The van der Waals surface area contributed by atoms with Crippen LogP contribution in [-0.2, 0) is 19.1 Å². The molecule has 0 bridgehead atoms. The lowest BCUT2D eigenvalue weighted by Crippen LogP contribution is -2.59. The maximum atomic E-state index is 13.5. The molecule has 66 heavy (non-hydrogen) atoms. The number of piperazine rings is 1. The van der Waals surface area contributed by atoms with Gasteiger partial charge >= 0.3 is 0 Å². The highest BCUT2D eigenvalue weighted by atomic mass is 35.5. The summed E-state index contributed by atoms with van der Waals surface area (Å²) in [5.41, 5.74) is 3.29. The number of benzene rings is 2. The Morgan fingerprint density at radius 1 is 0.970 bits per heavy atom. The van der Waals surface area contributed by atoms with Crippen molar-refractivity contribution in [2.75, 3.05) is 61.5 Å². The molecule has 2 aromatic carbocycles. The lowest BCUT2D eigenvalue weighted by atomic mass is 9.86. The quantitative estimate of drug-likeness (QED) is 0.150. The van der Waals surface area contributed by atoms with E-state index in [4.69, 9.17) is 37.7 Å². The largest absolute Gasteiger partial charge is 0.478 e. The van der Waals surface area contributed by atoms with Crippen molar-refractivity contribution in [3.05, 3.63) is 74.1 Å². The molecule has 4 fully saturated rings. The number of anilines is 4. The topological polar surface area (TPSA) is 184 Å². The highest BCUT2D eigenvalue weighted by Gasteiger charge is 2.45. The predicted molar refractivity (Wildman–Crippen MR) is 252 cm³/mol. The first-order valence-corrected chi connectivity index (χ1v) is 23.7. The van der Waals surface area contributed by atoms with E-state index in [1.54, 1.807) is 21.7 Å². The van der Waals surface area contributed by atoms with Gasteiger partial charge in [0.1, 0.15) is 11.1 Å². The van der Waals surface area contributed by atoms with Crippen LogP contribution in [0.2, 0.25) is 10.0 Å². The molecule has 3 N–H and O–H groups in total. The first-order chi connectivity index (χ1) is 31.7. The standard InChI is InChI=1S/C47H56Cl2N10O7/c1-25(2)58-35-8-6-29(18-28(35)19-38(46(58)64)65-24-40(61)50-5)52-43-34(48)22-51-47(54-43)55-14-12-31(13-15-55)66-32-20-30(21-32)56-16-17-57(26(3)23-56)36-9-7-33-41(42(36)49)27(4)59(45(33)63)37-10-11-39(60)53-44(37)62/h6-9,18-19,22,25-27,30-32,37H,10-17,20-21,23-24H2,1-5H3,(H,50,61)(H,51,52,54)(H,53,60,62)/t26-,27+,30?,32?,37?/m1/s1. The number of piperidine rings is 2. The number of likely N-dealkylation sites (N-methyl/N-ethyl adjacent to an activating group) is 1. The summed E-state index contributed by atoms with van der Waals surface area (Å²) in [6, 6.07) is 10.5. The molecule has 4 aromatic rings. The van der Waals surface area contributed by atoms with Crippen LogP contribution in [0.4, 0.5) is 23.1 Å². The number of hydrogen-bond acceptors (Lipinski definition) is 13. The van der Waals surface area contributed by atoms with E-state index in [1.165, 1.54) is 7.05 Å². The minimum Gasteiger partial charge on any atom is -0.478 e. The van der Waals surface area contributed by atoms with E-state index < -0.39 is 11.9 Å². The first kappa shape index (κ1) is 45.7. The molecule has 17 nitrogen and oxygen atoms in total. The number of halogens is 2. The Bertz CT molecular complexity index is 2630. The number of carbonyl (C=O) groups is 4. The molecular weight excluding hydrogens is 887 g/mol. The smallest absolute Gasteiger partial charge is 0.293 e. The second-order valence-corrected chi connectivity index (χ2v) is 19.1. The molecule has 0 spiro atoms. The second kappa shape index (κ2) is 18.7. The van der Waals surface area contributed by atoms with Gasteiger partial charge in [0, 0.05) is 86.5 Å². The number of ether oxygens (including phenoxy) is 2. The maximum Gasteiger partial charge on any atom is 0.293 e. The SMILES string of the molecule is CNC(=O)COc1cc2cc(Nc3nc(N4CCC(OC5CC(N6CCN(c7ccc8c(c7Cl)[C@H](C)N(C7CCC(=O)NC7=O)C8=O)[C@H](C)C6)C5)CC4)ncc3Cl)ccc2n(C(C)C)c1=O. The van der Waals surface area contributed by atoms with Gasteiger partial charge in [-0.2, -0.15) is 4.98 Å². The van der Waals surface area contributed by atoms with Crippen LogP contribution in [0.1, 0.15) is 94.2 Å². The van der Waals surface area contributed by atoms with Gasteiger partial charge in [-0.1, -0.05) is 23.2 Å². The van der Waals surface area contributed by atoms with Crippen molar-refractivity contribution in [3.63, 3.8) is 0 Å².